The Bertz CT molecular complexity index is 780. The lowest BCUT2D eigenvalue weighted by atomic mass is 10.2. The van der Waals surface area contributed by atoms with E-state index in [0.717, 1.165) is 34.6 Å². The van der Waals surface area contributed by atoms with Crippen molar-refractivity contribution in [2.75, 3.05) is 5.32 Å². The maximum absolute atomic E-state index is 12.0. The van der Waals surface area contributed by atoms with E-state index in [1.165, 1.54) is 4.70 Å². The summed E-state index contributed by atoms with van der Waals surface area (Å²) < 4.78 is 1.19. The quantitative estimate of drug-likeness (QED) is 0.725. The van der Waals surface area contributed by atoms with Gasteiger partial charge in [-0.2, -0.15) is 0 Å². The number of hydrogen-bond donors (Lipinski definition) is 2. The highest BCUT2D eigenvalue weighted by atomic mass is 32.1. The van der Waals surface area contributed by atoms with E-state index < -0.39 is 0 Å². The Kier molecular flexibility index (Phi) is 5.00. The molecule has 0 aliphatic heterocycles. The van der Waals surface area contributed by atoms with Gasteiger partial charge in [-0.3, -0.25) is 4.79 Å². The second-order valence-corrected chi connectivity index (χ2v) is 6.45. The van der Waals surface area contributed by atoms with Crippen LogP contribution in [0.15, 0.2) is 48.5 Å². The van der Waals surface area contributed by atoms with Gasteiger partial charge in [0, 0.05) is 12.1 Å². The lowest BCUT2D eigenvalue weighted by Gasteiger charge is -2.06. The molecule has 1 amide bonds. The van der Waals surface area contributed by atoms with Gasteiger partial charge in [-0.25, -0.2) is 4.98 Å². The number of aromatic nitrogens is 1. The zero-order chi connectivity index (χ0) is 16.1. The fourth-order valence-corrected chi connectivity index (χ4v) is 3.41. The number of para-hydroxylation sites is 1. The summed E-state index contributed by atoms with van der Waals surface area (Å²) in [5.74, 6) is -0.0128. The third-order valence-electron chi connectivity index (χ3n) is 3.53. The maximum atomic E-state index is 12.0. The third-order valence-corrected chi connectivity index (χ3v) is 4.62. The molecule has 0 aliphatic carbocycles. The number of nitrogens with one attached hydrogen (secondary N) is 1. The zero-order valence-corrected chi connectivity index (χ0v) is 13.5. The van der Waals surface area contributed by atoms with Gasteiger partial charge >= 0.3 is 0 Å². The SMILES string of the molecule is O=C(CCCc1nc2ccccc2s1)Nc1cccc(CO)c1. The van der Waals surface area contributed by atoms with Gasteiger partial charge in [0.05, 0.1) is 21.8 Å². The second kappa shape index (κ2) is 7.35. The summed E-state index contributed by atoms with van der Waals surface area (Å²) in [7, 11) is 0. The summed E-state index contributed by atoms with van der Waals surface area (Å²) in [6, 6.07) is 15.3. The summed E-state index contributed by atoms with van der Waals surface area (Å²) in [4.78, 5) is 16.6. The minimum Gasteiger partial charge on any atom is -0.392 e. The molecule has 2 N–H and O–H groups in total. The Hall–Kier alpha value is -2.24. The van der Waals surface area contributed by atoms with Crippen molar-refractivity contribution in [1.82, 2.24) is 4.98 Å². The zero-order valence-electron chi connectivity index (χ0n) is 12.7. The molecule has 0 saturated heterocycles. The summed E-state index contributed by atoms with van der Waals surface area (Å²) in [6.45, 7) is -0.0265. The van der Waals surface area contributed by atoms with Crippen LogP contribution >= 0.6 is 11.3 Å². The third kappa shape index (κ3) is 4.15. The molecule has 3 aromatic rings. The van der Waals surface area contributed by atoms with E-state index in [0.29, 0.717) is 6.42 Å². The molecule has 1 heterocycles. The molecule has 0 aliphatic rings. The average Bonchev–Trinajstić information content (AvgIpc) is 2.97. The molecule has 0 bridgehead atoms. The molecule has 0 atom stereocenters. The Morgan fingerprint density at radius 3 is 2.87 bits per heavy atom. The van der Waals surface area contributed by atoms with Crippen LogP contribution in [0.3, 0.4) is 0 Å². The van der Waals surface area contributed by atoms with Crippen molar-refractivity contribution in [3.8, 4) is 0 Å². The number of benzene rings is 2. The topological polar surface area (TPSA) is 62.2 Å². The van der Waals surface area contributed by atoms with Crippen molar-refractivity contribution in [2.45, 2.75) is 25.9 Å². The first-order chi connectivity index (χ1) is 11.2. The van der Waals surface area contributed by atoms with Crippen molar-refractivity contribution in [1.29, 1.82) is 0 Å². The first kappa shape index (κ1) is 15.6. The van der Waals surface area contributed by atoms with Gasteiger partial charge in [-0.15, -0.1) is 11.3 Å². The molecule has 0 saturated carbocycles. The predicted molar refractivity (Wildman–Crippen MR) is 93.6 cm³/mol. The predicted octanol–water partition coefficient (Wildman–Crippen LogP) is 3.75. The lowest BCUT2D eigenvalue weighted by molar-refractivity contribution is -0.116. The van der Waals surface area contributed by atoms with Crippen LogP contribution in [0, 0.1) is 0 Å². The van der Waals surface area contributed by atoms with Crippen molar-refractivity contribution in [3.63, 3.8) is 0 Å². The van der Waals surface area contributed by atoms with Crippen LogP contribution in [0.2, 0.25) is 0 Å². The fraction of sp³-hybridized carbons (Fsp3) is 0.222. The molecule has 2 aromatic carbocycles. The molecule has 0 unspecified atom stereocenters. The van der Waals surface area contributed by atoms with E-state index in [9.17, 15) is 4.79 Å². The lowest BCUT2D eigenvalue weighted by Crippen LogP contribution is -2.11. The minimum atomic E-state index is -0.0265. The van der Waals surface area contributed by atoms with Crippen molar-refractivity contribution in [3.05, 3.63) is 59.1 Å². The fourth-order valence-electron chi connectivity index (χ4n) is 2.40. The molecule has 5 heteroatoms. The van der Waals surface area contributed by atoms with Gasteiger partial charge in [-0.05, 0) is 42.7 Å². The normalized spacial score (nSPS) is 10.8. The monoisotopic (exact) mass is 326 g/mol. The Balaban J connectivity index is 1.50. The van der Waals surface area contributed by atoms with Gasteiger partial charge in [-0.1, -0.05) is 24.3 Å². The van der Waals surface area contributed by atoms with E-state index in [4.69, 9.17) is 5.11 Å². The highest BCUT2D eigenvalue weighted by Gasteiger charge is 2.06. The molecule has 0 fully saturated rings. The molecule has 1 aromatic heterocycles. The Morgan fingerprint density at radius 1 is 1.17 bits per heavy atom. The van der Waals surface area contributed by atoms with Gasteiger partial charge in [0.2, 0.25) is 5.91 Å². The molecular formula is C18H18N2O2S. The molecule has 23 heavy (non-hydrogen) atoms. The van der Waals surface area contributed by atoms with Crippen molar-refractivity contribution < 1.29 is 9.90 Å². The Labute approximate surface area is 138 Å². The van der Waals surface area contributed by atoms with Crippen LogP contribution in [0.25, 0.3) is 10.2 Å². The van der Waals surface area contributed by atoms with E-state index in [1.54, 1.807) is 17.4 Å². The van der Waals surface area contributed by atoms with Gasteiger partial charge in [0.1, 0.15) is 0 Å². The number of carbonyl (C=O) groups excluding carboxylic acids is 1. The van der Waals surface area contributed by atoms with Crippen LogP contribution in [0.5, 0.6) is 0 Å². The summed E-state index contributed by atoms with van der Waals surface area (Å²) >= 11 is 1.69. The first-order valence-electron chi connectivity index (χ1n) is 7.59. The number of carbonyl (C=O) groups is 1. The van der Waals surface area contributed by atoms with Crippen molar-refractivity contribution >= 4 is 33.1 Å². The largest absolute Gasteiger partial charge is 0.392 e. The number of fused-ring (bicyclic) bond motifs is 1. The summed E-state index contributed by atoms with van der Waals surface area (Å²) in [5.41, 5.74) is 2.54. The molecule has 0 radical (unpaired) electrons. The number of hydrogen-bond acceptors (Lipinski definition) is 4. The number of anilines is 1. The second-order valence-electron chi connectivity index (χ2n) is 5.34. The number of aliphatic hydroxyl groups excluding tert-OH is 1. The number of rotatable bonds is 6. The smallest absolute Gasteiger partial charge is 0.224 e. The van der Waals surface area contributed by atoms with Crippen LogP contribution in [0.4, 0.5) is 5.69 Å². The molecule has 118 valence electrons. The van der Waals surface area contributed by atoms with E-state index in [-0.39, 0.29) is 12.5 Å². The summed E-state index contributed by atoms with van der Waals surface area (Å²) in [6.07, 6.45) is 2.04. The highest BCUT2D eigenvalue weighted by molar-refractivity contribution is 7.18. The minimum absolute atomic E-state index is 0.0128. The van der Waals surface area contributed by atoms with Crippen molar-refractivity contribution in [2.24, 2.45) is 0 Å². The average molecular weight is 326 g/mol. The standard InChI is InChI=1S/C18H18N2O2S/c21-12-13-5-3-6-14(11-13)19-17(22)9-4-10-18-20-15-7-1-2-8-16(15)23-18/h1-3,5-8,11,21H,4,9-10,12H2,(H,19,22). The Morgan fingerprint density at radius 2 is 2.04 bits per heavy atom. The van der Waals surface area contributed by atoms with E-state index in [1.807, 2.05) is 36.4 Å². The molecule has 0 spiro atoms. The molecule has 4 nitrogen and oxygen atoms in total. The number of aliphatic hydroxyl groups is 1. The summed E-state index contributed by atoms with van der Waals surface area (Å²) in [5, 5.41) is 13.0. The molecule has 3 rings (SSSR count). The van der Waals surface area contributed by atoms with Crippen LogP contribution in [0.1, 0.15) is 23.4 Å². The number of thiazole rings is 1. The van der Waals surface area contributed by atoms with Crippen LogP contribution in [-0.4, -0.2) is 16.0 Å². The molecular weight excluding hydrogens is 308 g/mol. The number of amides is 1. The van der Waals surface area contributed by atoms with Crippen LogP contribution < -0.4 is 5.32 Å². The maximum Gasteiger partial charge on any atom is 0.224 e. The van der Waals surface area contributed by atoms with Gasteiger partial charge < -0.3 is 10.4 Å². The van der Waals surface area contributed by atoms with Gasteiger partial charge in [0.15, 0.2) is 0 Å². The van der Waals surface area contributed by atoms with Crippen LogP contribution in [-0.2, 0) is 17.8 Å². The van der Waals surface area contributed by atoms with Gasteiger partial charge in [0.25, 0.3) is 0 Å². The van der Waals surface area contributed by atoms with E-state index >= 15 is 0 Å². The highest BCUT2D eigenvalue weighted by Crippen LogP contribution is 2.22. The first-order valence-corrected chi connectivity index (χ1v) is 8.40. The van der Waals surface area contributed by atoms with E-state index in [2.05, 4.69) is 16.4 Å². The number of nitrogens with zero attached hydrogens (tertiary/aromatic N) is 1. The number of aryl methyl sites for hydroxylation is 1.